The highest BCUT2D eigenvalue weighted by Gasteiger charge is 2.05. The van der Waals surface area contributed by atoms with E-state index in [0.29, 0.717) is 21.7 Å². The van der Waals surface area contributed by atoms with E-state index in [-0.39, 0.29) is 5.56 Å². The Morgan fingerprint density at radius 2 is 1.76 bits per heavy atom. The summed E-state index contributed by atoms with van der Waals surface area (Å²) in [4.78, 5) is 16.5. The lowest BCUT2D eigenvalue weighted by Gasteiger charge is -2.05. The Balaban J connectivity index is 2.06. The first kappa shape index (κ1) is 13.4. The highest BCUT2D eigenvalue weighted by Crippen LogP contribution is 2.12. The Morgan fingerprint density at radius 1 is 1.05 bits per heavy atom. The van der Waals surface area contributed by atoms with Gasteiger partial charge in [-0.3, -0.25) is 4.79 Å². The summed E-state index contributed by atoms with van der Waals surface area (Å²) in [6, 6.07) is 14.5. The van der Waals surface area contributed by atoms with Crippen molar-refractivity contribution in [2.75, 3.05) is 5.84 Å². The molecule has 2 N–H and O–H groups in total. The molecule has 1 heterocycles. The van der Waals surface area contributed by atoms with E-state index in [4.69, 9.17) is 17.4 Å². The van der Waals surface area contributed by atoms with Crippen molar-refractivity contribution in [2.24, 2.45) is 0 Å². The number of fused-ring (bicyclic) bond motifs is 1. The van der Waals surface area contributed by atoms with Gasteiger partial charge >= 0.3 is 0 Å². The van der Waals surface area contributed by atoms with Crippen LogP contribution in [0.25, 0.3) is 23.1 Å². The van der Waals surface area contributed by atoms with Gasteiger partial charge in [0.15, 0.2) is 5.82 Å². The van der Waals surface area contributed by atoms with E-state index in [0.717, 1.165) is 10.2 Å². The van der Waals surface area contributed by atoms with E-state index in [2.05, 4.69) is 4.98 Å². The molecule has 21 heavy (non-hydrogen) atoms. The third-order valence-electron chi connectivity index (χ3n) is 3.13. The van der Waals surface area contributed by atoms with Crippen molar-refractivity contribution in [3.63, 3.8) is 0 Å². The molecule has 0 saturated carbocycles. The minimum absolute atomic E-state index is 0.267. The summed E-state index contributed by atoms with van der Waals surface area (Å²) in [6.45, 7) is 0. The molecule has 0 radical (unpaired) electrons. The summed E-state index contributed by atoms with van der Waals surface area (Å²) < 4.78 is 1.05. The normalized spacial score (nSPS) is 11.3. The number of halogens is 1. The van der Waals surface area contributed by atoms with Crippen LogP contribution < -0.4 is 11.4 Å². The van der Waals surface area contributed by atoms with Gasteiger partial charge in [-0.1, -0.05) is 41.9 Å². The Labute approximate surface area is 126 Å². The predicted molar refractivity (Wildman–Crippen MR) is 86.5 cm³/mol. The Kier molecular flexibility index (Phi) is 3.46. The standard InChI is InChI=1S/C16H12ClN3O/c17-12-8-5-11(6-9-12)7-10-15-19-14-4-2-1-3-13(14)16(21)20(15)18/h1-10H,18H2/b10-7+. The van der Waals surface area contributed by atoms with Crippen LogP contribution in [0.3, 0.4) is 0 Å². The molecule has 0 fully saturated rings. The van der Waals surface area contributed by atoms with Gasteiger partial charge in [0.05, 0.1) is 10.9 Å². The van der Waals surface area contributed by atoms with E-state index in [1.807, 2.05) is 24.3 Å². The number of hydrogen-bond donors (Lipinski definition) is 1. The van der Waals surface area contributed by atoms with Gasteiger partial charge in [-0.15, -0.1) is 0 Å². The zero-order chi connectivity index (χ0) is 14.8. The summed E-state index contributed by atoms with van der Waals surface area (Å²) in [5, 5.41) is 1.18. The fourth-order valence-corrected chi connectivity index (χ4v) is 2.15. The van der Waals surface area contributed by atoms with Gasteiger partial charge in [0.1, 0.15) is 0 Å². The number of nitrogens with two attached hydrogens (primary N) is 1. The third-order valence-corrected chi connectivity index (χ3v) is 3.38. The molecule has 0 unspecified atom stereocenters. The highest BCUT2D eigenvalue weighted by molar-refractivity contribution is 6.30. The topological polar surface area (TPSA) is 60.9 Å². The number of benzene rings is 2. The second-order valence-corrected chi connectivity index (χ2v) is 4.98. The Hall–Kier alpha value is -2.59. The summed E-state index contributed by atoms with van der Waals surface area (Å²) >= 11 is 5.84. The van der Waals surface area contributed by atoms with E-state index in [9.17, 15) is 4.79 Å². The first-order valence-corrected chi connectivity index (χ1v) is 6.73. The predicted octanol–water partition coefficient (Wildman–Crippen LogP) is 2.93. The molecule has 1 aromatic heterocycles. The lowest BCUT2D eigenvalue weighted by atomic mass is 10.2. The molecular weight excluding hydrogens is 286 g/mol. The van der Waals surface area contributed by atoms with Crippen molar-refractivity contribution in [1.82, 2.24) is 9.66 Å². The van der Waals surface area contributed by atoms with Crippen LogP contribution in [0.15, 0.2) is 53.3 Å². The summed E-state index contributed by atoms with van der Waals surface area (Å²) in [6.07, 6.45) is 3.54. The van der Waals surface area contributed by atoms with Crippen molar-refractivity contribution >= 4 is 34.7 Å². The molecule has 0 bridgehead atoms. The number of nitrogen functional groups attached to an aromatic ring is 1. The maximum atomic E-state index is 12.2. The molecule has 0 aliphatic heterocycles. The van der Waals surface area contributed by atoms with Crippen LogP contribution in [0.2, 0.25) is 5.02 Å². The van der Waals surface area contributed by atoms with E-state index in [1.54, 1.807) is 36.4 Å². The maximum absolute atomic E-state index is 12.2. The molecular formula is C16H12ClN3O. The fraction of sp³-hybridized carbons (Fsp3) is 0. The smallest absolute Gasteiger partial charge is 0.280 e. The molecule has 3 aromatic rings. The van der Waals surface area contributed by atoms with E-state index < -0.39 is 0 Å². The Bertz CT molecular complexity index is 882. The summed E-state index contributed by atoms with van der Waals surface area (Å²) in [7, 11) is 0. The SMILES string of the molecule is Nn1c(/C=C/c2ccc(Cl)cc2)nc2ccccc2c1=O. The van der Waals surface area contributed by atoms with Gasteiger partial charge < -0.3 is 5.84 Å². The van der Waals surface area contributed by atoms with Gasteiger partial charge in [-0.25, -0.2) is 9.66 Å². The second-order valence-electron chi connectivity index (χ2n) is 4.55. The largest absolute Gasteiger partial charge is 0.334 e. The number of aromatic nitrogens is 2. The van der Waals surface area contributed by atoms with Crippen molar-refractivity contribution in [3.05, 3.63) is 75.3 Å². The molecule has 104 valence electrons. The molecule has 0 aliphatic rings. The lowest BCUT2D eigenvalue weighted by Crippen LogP contribution is -2.30. The van der Waals surface area contributed by atoms with Crippen LogP contribution in [-0.2, 0) is 0 Å². The molecule has 2 aromatic carbocycles. The van der Waals surface area contributed by atoms with Crippen molar-refractivity contribution < 1.29 is 0 Å². The van der Waals surface area contributed by atoms with Gasteiger partial charge in [0, 0.05) is 5.02 Å². The zero-order valence-corrected chi connectivity index (χ0v) is 11.8. The van der Waals surface area contributed by atoms with Crippen molar-refractivity contribution in [3.8, 4) is 0 Å². The maximum Gasteiger partial charge on any atom is 0.280 e. The molecule has 0 spiro atoms. The van der Waals surface area contributed by atoms with Gasteiger partial charge in [0.2, 0.25) is 0 Å². The average molecular weight is 298 g/mol. The van der Waals surface area contributed by atoms with Gasteiger partial charge in [-0.05, 0) is 35.9 Å². The molecule has 4 nitrogen and oxygen atoms in total. The lowest BCUT2D eigenvalue weighted by molar-refractivity contribution is 0.896. The van der Waals surface area contributed by atoms with Crippen LogP contribution in [-0.4, -0.2) is 9.66 Å². The molecule has 3 rings (SSSR count). The molecule has 0 amide bonds. The molecule has 0 saturated heterocycles. The van der Waals surface area contributed by atoms with E-state index >= 15 is 0 Å². The minimum Gasteiger partial charge on any atom is -0.334 e. The fourth-order valence-electron chi connectivity index (χ4n) is 2.03. The molecule has 0 aliphatic carbocycles. The zero-order valence-electron chi connectivity index (χ0n) is 11.0. The van der Waals surface area contributed by atoms with Crippen LogP contribution in [0.4, 0.5) is 0 Å². The average Bonchev–Trinajstić information content (AvgIpc) is 2.51. The minimum atomic E-state index is -0.267. The summed E-state index contributed by atoms with van der Waals surface area (Å²) in [5.74, 6) is 6.20. The first-order valence-electron chi connectivity index (χ1n) is 6.36. The van der Waals surface area contributed by atoms with Crippen molar-refractivity contribution in [1.29, 1.82) is 0 Å². The number of rotatable bonds is 2. The van der Waals surface area contributed by atoms with Crippen LogP contribution in [0.1, 0.15) is 11.4 Å². The van der Waals surface area contributed by atoms with Crippen LogP contribution in [0, 0.1) is 0 Å². The van der Waals surface area contributed by atoms with Gasteiger partial charge in [0.25, 0.3) is 5.56 Å². The first-order chi connectivity index (χ1) is 10.1. The quantitative estimate of drug-likeness (QED) is 0.740. The van der Waals surface area contributed by atoms with E-state index in [1.165, 1.54) is 0 Å². The number of hydrogen-bond acceptors (Lipinski definition) is 3. The third kappa shape index (κ3) is 2.66. The van der Waals surface area contributed by atoms with Crippen molar-refractivity contribution in [2.45, 2.75) is 0 Å². The monoisotopic (exact) mass is 297 g/mol. The van der Waals surface area contributed by atoms with Crippen LogP contribution >= 0.6 is 11.6 Å². The number of para-hydroxylation sites is 1. The molecule has 0 atom stereocenters. The highest BCUT2D eigenvalue weighted by atomic mass is 35.5. The second kappa shape index (κ2) is 5.42. The summed E-state index contributed by atoms with van der Waals surface area (Å²) in [5.41, 5.74) is 1.30. The number of nitrogens with zero attached hydrogens (tertiary/aromatic N) is 2. The molecule has 5 heteroatoms. The van der Waals surface area contributed by atoms with Crippen LogP contribution in [0.5, 0.6) is 0 Å². The Morgan fingerprint density at radius 3 is 2.52 bits per heavy atom. The van der Waals surface area contributed by atoms with Gasteiger partial charge in [-0.2, -0.15) is 0 Å².